The lowest BCUT2D eigenvalue weighted by atomic mass is 9.98. The van der Waals surface area contributed by atoms with E-state index in [-0.39, 0.29) is 27.8 Å². The summed E-state index contributed by atoms with van der Waals surface area (Å²) in [6.45, 7) is 3.70. The van der Waals surface area contributed by atoms with E-state index in [0.29, 0.717) is 5.56 Å². The highest BCUT2D eigenvalue weighted by Crippen LogP contribution is 2.26. The number of nitrogens with two attached hydrogens (primary N) is 1. The molecule has 0 atom stereocenters. The number of pyridine rings is 1. The number of carbonyl (C=O) groups is 1. The molecule has 0 amide bonds. The quantitative estimate of drug-likeness (QED) is 0.531. The Morgan fingerprint density at radius 1 is 1.26 bits per heavy atom. The van der Waals surface area contributed by atoms with Crippen molar-refractivity contribution in [2.45, 2.75) is 0 Å². The third-order valence-electron chi connectivity index (χ3n) is 2.63. The normalized spacial score (nSPS) is 10.2. The number of hydrogen-bond acceptors (Lipinski definition) is 3. The summed E-state index contributed by atoms with van der Waals surface area (Å²) in [5.41, 5.74) is 6.74. The molecule has 2 aromatic rings. The van der Waals surface area contributed by atoms with Crippen LogP contribution in [-0.4, -0.2) is 10.8 Å². The average Bonchev–Trinajstić information content (AvgIpc) is 2.38. The highest BCUT2D eigenvalue weighted by Gasteiger charge is 2.19. The molecule has 2 N–H and O–H groups in total. The van der Waals surface area contributed by atoms with E-state index < -0.39 is 5.78 Å². The summed E-state index contributed by atoms with van der Waals surface area (Å²) in [6, 6.07) is 6.92. The number of benzene rings is 1. The van der Waals surface area contributed by atoms with E-state index >= 15 is 0 Å². The number of hydrogen-bond donors (Lipinski definition) is 1. The molecule has 0 unspecified atom stereocenters. The van der Waals surface area contributed by atoms with Crippen LogP contribution in [0.25, 0.3) is 5.57 Å². The molecule has 0 saturated carbocycles. The third-order valence-corrected chi connectivity index (χ3v) is 2.92. The number of nitrogens with zero attached hydrogens (tertiary/aromatic N) is 1. The van der Waals surface area contributed by atoms with Gasteiger partial charge < -0.3 is 5.73 Å². The van der Waals surface area contributed by atoms with Crippen LogP contribution < -0.4 is 5.73 Å². The second kappa shape index (κ2) is 5.20. The Morgan fingerprint density at radius 2 is 1.89 bits per heavy atom. The van der Waals surface area contributed by atoms with Crippen LogP contribution in [0.5, 0.6) is 0 Å². The van der Waals surface area contributed by atoms with Crippen molar-refractivity contribution >= 4 is 28.6 Å². The van der Waals surface area contributed by atoms with Crippen molar-refractivity contribution in [3.8, 4) is 0 Å². The summed E-state index contributed by atoms with van der Waals surface area (Å²) < 4.78 is 12.8. The lowest BCUT2D eigenvalue weighted by Gasteiger charge is -2.08. The molecular weight excluding hydrogens is 267 g/mol. The van der Waals surface area contributed by atoms with Crippen molar-refractivity contribution < 1.29 is 9.18 Å². The van der Waals surface area contributed by atoms with Crippen LogP contribution in [0.3, 0.4) is 0 Å². The first kappa shape index (κ1) is 13.2. The maximum absolute atomic E-state index is 12.8. The first-order valence-corrected chi connectivity index (χ1v) is 5.78. The van der Waals surface area contributed by atoms with Crippen molar-refractivity contribution in [1.29, 1.82) is 0 Å². The molecule has 0 bridgehead atoms. The second-order valence-corrected chi connectivity index (χ2v) is 4.24. The number of allylic oxidation sites excluding steroid dienone is 1. The molecule has 19 heavy (non-hydrogen) atoms. The standard InChI is InChI=1S/C14H10ClFN2O/c1-8(9-2-4-10(16)5-3-9)13(19)12-11(17)6-7-18-14(12)15/h2-7H,1H2,(H2,17,18). The minimum atomic E-state index is -0.429. The van der Waals surface area contributed by atoms with Crippen LogP contribution in [0, 0.1) is 5.82 Å². The zero-order valence-electron chi connectivity index (χ0n) is 9.86. The van der Waals surface area contributed by atoms with Gasteiger partial charge in [0.25, 0.3) is 0 Å². The molecule has 5 heteroatoms. The van der Waals surface area contributed by atoms with Crippen LogP contribution in [0.1, 0.15) is 15.9 Å². The first-order valence-electron chi connectivity index (χ1n) is 5.40. The van der Waals surface area contributed by atoms with Gasteiger partial charge in [-0.1, -0.05) is 30.3 Å². The Morgan fingerprint density at radius 3 is 2.47 bits per heavy atom. The number of rotatable bonds is 3. The third kappa shape index (κ3) is 2.63. The Bertz CT molecular complexity index is 633. The van der Waals surface area contributed by atoms with Crippen LogP contribution >= 0.6 is 11.6 Å². The van der Waals surface area contributed by atoms with Crippen LogP contribution in [0.4, 0.5) is 10.1 Å². The second-order valence-electron chi connectivity index (χ2n) is 3.88. The lowest BCUT2D eigenvalue weighted by Crippen LogP contribution is -2.07. The number of Topliss-reactive ketones (excluding diaryl/α,β-unsaturated/α-hetero) is 1. The van der Waals surface area contributed by atoms with Crippen LogP contribution in [0.15, 0.2) is 43.1 Å². The molecule has 0 aliphatic rings. The fourth-order valence-corrected chi connectivity index (χ4v) is 1.86. The summed E-state index contributed by atoms with van der Waals surface area (Å²) in [7, 11) is 0. The summed E-state index contributed by atoms with van der Waals surface area (Å²) in [6.07, 6.45) is 1.41. The van der Waals surface area contributed by atoms with E-state index in [9.17, 15) is 9.18 Å². The molecule has 1 aromatic carbocycles. The zero-order chi connectivity index (χ0) is 14.0. The van der Waals surface area contributed by atoms with Gasteiger partial charge in [0.1, 0.15) is 11.0 Å². The van der Waals surface area contributed by atoms with Gasteiger partial charge in [-0.3, -0.25) is 4.79 Å². The maximum Gasteiger partial charge on any atom is 0.198 e. The first-order chi connectivity index (χ1) is 9.00. The Balaban J connectivity index is 2.39. The summed E-state index contributed by atoms with van der Waals surface area (Å²) in [4.78, 5) is 16.1. The predicted octanol–water partition coefficient (Wildman–Crippen LogP) is 3.35. The molecule has 3 nitrogen and oxygen atoms in total. The fraction of sp³-hybridized carbons (Fsp3) is 0. The number of aromatic nitrogens is 1. The van der Waals surface area contributed by atoms with E-state index in [1.807, 2.05) is 0 Å². The van der Waals surface area contributed by atoms with Crippen molar-refractivity contribution in [2.75, 3.05) is 5.73 Å². The monoisotopic (exact) mass is 276 g/mol. The summed E-state index contributed by atoms with van der Waals surface area (Å²) >= 11 is 5.87. The Kier molecular flexibility index (Phi) is 3.62. The van der Waals surface area contributed by atoms with Crippen molar-refractivity contribution in [3.05, 3.63) is 65.2 Å². The van der Waals surface area contributed by atoms with Gasteiger partial charge in [0.05, 0.1) is 5.56 Å². The van der Waals surface area contributed by atoms with Gasteiger partial charge >= 0.3 is 0 Å². The number of anilines is 1. The average molecular weight is 277 g/mol. The fourth-order valence-electron chi connectivity index (χ4n) is 1.61. The van der Waals surface area contributed by atoms with Gasteiger partial charge in [-0.05, 0) is 23.8 Å². The SMILES string of the molecule is C=C(C(=O)c1c(N)ccnc1Cl)c1ccc(F)cc1. The molecular formula is C14H10ClFN2O. The Hall–Kier alpha value is -2.20. The van der Waals surface area contributed by atoms with E-state index in [0.717, 1.165) is 0 Å². The maximum atomic E-state index is 12.8. The van der Waals surface area contributed by atoms with Crippen LogP contribution in [0.2, 0.25) is 5.15 Å². The topological polar surface area (TPSA) is 56.0 Å². The number of halogens is 2. The molecule has 0 radical (unpaired) electrons. The number of nitrogen functional groups attached to an aromatic ring is 1. The zero-order valence-corrected chi connectivity index (χ0v) is 10.6. The smallest absolute Gasteiger partial charge is 0.198 e. The lowest BCUT2D eigenvalue weighted by molar-refractivity contribution is 0.105. The van der Waals surface area contributed by atoms with Gasteiger partial charge in [0.2, 0.25) is 0 Å². The van der Waals surface area contributed by atoms with E-state index in [4.69, 9.17) is 17.3 Å². The molecule has 0 spiro atoms. The molecule has 1 heterocycles. The van der Waals surface area contributed by atoms with Gasteiger partial charge in [-0.25, -0.2) is 9.37 Å². The highest BCUT2D eigenvalue weighted by atomic mass is 35.5. The van der Waals surface area contributed by atoms with Gasteiger partial charge in [0, 0.05) is 17.5 Å². The molecule has 0 aliphatic carbocycles. The predicted molar refractivity (Wildman–Crippen MR) is 73.4 cm³/mol. The van der Waals surface area contributed by atoms with Crippen molar-refractivity contribution in [3.63, 3.8) is 0 Å². The van der Waals surface area contributed by atoms with Gasteiger partial charge in [-0.15, -0.1) is 0 Å². The molecule has 0 aliphatic heterocycles. The molecule has 0 fully saturated rings. The number of carbonyl (C=O) groups excluding carboxylic acids is 1. The molecule has 1 aromatic heterocycles. The van der Waals surface area contributed by atoms with Crippen molar-refractivity contribution in [1.82, 2.24) is 4.98 Å². The van der Waals surface area contributed by atoms with Gasteiger partial charge in [-0.2, -0.15) is 0 Å². The van der Waals surface area contributed by atoms with Crippen LogP contribution in [-0.2, 0) is 0 Å². The van der Waals surface area contributed by atoms with Crippen molar-refractivity contribution in [2.24, 2.45) is 0 Å². The minimum absolute atomic E-state index is 0.0215. The Labute approximate surface area is 114 Å². The van der Waals surface area contributed by atoms with Gasteiger partial charge in [0.15, 0.2) is 5.78 Å². The number of ketones is 1. The summed E-state index contributed by atoms with van der Waals surface area (Å²) in [5, 5.41) is 0.0215. The summed E-state index contributed by atoms with van der Waals surface area (Å²) in [5.74, 6) is -0.815. The highest BCUT2D eigenvalue weighted by molar-refractivity contribution is 6.39. The van der Waals surface area contributed by atoms with E-state index in [1.165, 1.54) is 36.5 Å². The minimum Gasteiger partial charge on any atom is -0.398 e. The molecule has 2 rings (SSSR count). The molecule has 96 valence electrons. The van der Waals surface area contributed by atoms with E-state index in [1.54, 1.807) is 0 Å². The van der Waals surface area contributed by atoms with E-state index in [2.05, 4.69) is 11.6 Å². The molecule has 0 saturated heterocycles. The largest absolute Gasteiger partial charge is 0.398 e.